The van der Waals surface area contributed by atoms with Gasteiger partial charge in [-0.3, -0.25) is 4.57 Å². The molecule has 0 N–H and O–H groups in total. The predicted molar refractivity (Wildman–Crippen MR) is 89.4 cm³/mol. The van der Waals surface area contributed by atoms with E-state index in [2.05, 4.69) is 20.9 Å². The number of ether oxygens (including phenoxy) is 2. The second-order valence-electron chi connectivity index (χ2n) is 4.93. The van der Waals surface area contributed by atoms with Crippen molar-refractivity contribution in [3.63, 3.8) is 0 Å². The van der Waals surface area contributed by atoms with Crippen LogP contribution in [0, 0.1) is 0 Å². The highest BCUT2D eigenvalue weighted by Gasteiger charge is 2.27. The van der Waals surface area contributed by atoms with Crippen LogP contribution in [0.4, 0.5) is 8.78 Å². The van der Waals surface area contributed by atoms with E-state index in [-0.39, 0.29) is 27.5 Å². The number of hydrogen-bond donors (Lipinski definition) is 0. The fourth-order valence-corrected chi connectivity index (χ4v) is 4.25. The Labute approximate surface area is 152 Å². The molecule has 0 amide bonds. The van der Waals surface area contributed by atoms with E-state index in [1.807, 2.05) is 0 Å². The number of benzene rings is 1. The smallest absolute Gasteiger partial charge is 0.319 e. The fourth-order valence-electron chi connectivity index (χ4n) is 2.13. The molecule has 0 saturated carbocycles. The molecule has 1 aromatic carbocycles. The molecule has 0 aliphatic heterocycles. The van der Waals surface area contributed by atoms with Crippen LogP contribution in [0.25, 0.3) is 0 Å². The highest BCUT2D eigenvalue weighted by molar-refractivity contribution is 9.10. The Morgan fingerprint density at radius 1 is 1.28 bits per heavy atom. The number of sulfonamides is 1. The Morgan fingerprint density at radius 3 is 2.44 bits per heavy atom. The highest BCUT2D eigenvalue weighted by Crippen LogP contribution is 2.36. The third-order valence-electron chi connectivity index (χ3n) is 3.45. The lowest BCUT2D eigenvalue weighted by atomic mass is 10.3. The summed E-state index contributed by atoms with van der Waals surface area (Å²) in [6.45, 7) is -3.12. The van der Waals surface area contributed by atoms with Crippen molar-refractivity contribution < 1.29 is 26.7 Å². The Hall–Kier alpha value is -1.72. The molecule has 7 nitrogen and oxygen atoms in total. The van der Waals surface area contributed by atoms with E-state index in [1.165, 1.54) is 39.6 Å². The molecule has 0 bridgehead atoms. The van der Waals surface area contributed by atoms with Gasteiger partial charge in [0.05, 0.1) is 20.8 Å². The van der Waals surface area contributed by atoms with Crippen LogP contribution in [0.15, 0.2) is 33.9 Å². The molecule has 1 aromatic heterocycles. The zero-order chi connectivity index (χ0) is 18.8. The average Bonchev–Trinajstić information content (AvgIpc) is 3.02. The number of halogens is 3. The van der Waals surface area contributed by atoms with Gasteiger partial charge in [-0.25, -0.2) is 13.4 Å². The second kappa shape index (κ2) is 7.67. The third kappa shape index (κ3) is 3.93. The number of alkyl halides is 2. The summed E-state index contributed by atoms with van der Waals surface area (Å²) in [5.74, 6) is 0.508. The standard InChI is InChI=1S/C14H16BrF2N3O4S/c1-19(8-13-18-4-5-20(13)14(16)17)25(21,22)12-7-11(24-3)10(23-2)6-9(12)15/h4-7,14H,8H2,1-3H3. The van der Waals surface area contributed by atoms with Crippen molar-refractivity contribution in [1.82, 2.24) is 13.9 Å². The second-order valence-corrected chi connectivity index (χ2v) is 7.79. The molecule has 0 radical (unpaired) electrons. The first kappa shape index (κ1) is 19.6. The zero-order valence-corrected chi connectivity index (χ0v) is 16.0. The predicted octanol–water partition coefficient (Wildman–Crippen LogP) is 2.88. The largest absolute Gasteiger partial charge is 0.493 e. The van der Waals surface area contributed by atoms with Gasteiger partial charge in [-0.05, 0) is 22.0 Å². The van der Waals surface area contributed by atoms with Crippen LogP contribution in [-0.4, -0.2) is 43.5 Å². The van der Waals surface area contributed by atoms with Crippen LogP contribution in [0.3, 0.4) is 0 Å². The number of rotatable bonds is 7. The van der Waals surface area contributed by atoms with Gasteiger partial charge in [-0.15, -0.1) is 0 Å². The Morgan fingerprint density at radius 2 is 1.88 bits per heavy atom. The van der Waals surface area contributed by atoms with Gasteiger partial charge < -0.3 is 9.47 Å². The lowest BCUT2D eigenvalue weighted by Crippen LogP contribution is -2.28. The van der Waals surface area contributed by atoms with Crippen molar-refractivity contribution in [3.8, 4) is 11.5 Å². The van der Waals surface area contributed by atoms with E-state index in [9.17, 15) is 17.2 Å². The van der Waals surface area contributed by atoms with E-state index in [0.717, 1.165) is 10.5 Å². The lowest BCUT2D eigenvalue weighted by molar-refractivity contribution is 0.0658. The van der Waals surface area contributed by atoms with Crippen molar-refractivity contribution in [1.29, 1.82) is 0 Å². The zero-order valence-electron chi connectivity index (χ0n) is 13.6. The summed E-state index contributed by atoms with van der Waals surface area (Å²) < 4.78 is 63.4. The van der Waals surface area contributed by atoms with Gasteiger partial charge >= 0.3 is 6.55 Å². The van der Waals surface area contributed by atoms with E-state index in [0.29, 0.717) is 10.3 Å². The van der Waals surface area contributed by atoms with Crippen molar-refractivity contribution in [2.24, 2.45) is 0 Å². The topological polar surface area (TPSA) is 73.7 Å². The summed E-state index contributed by atoms with van der Waals surface area (Å²) in [4.78, 5) is 3.71. The number of methoxy groups -OCH3 is 2. The first-order chi connectivity index (χ1) is 11.7. The summed E-state index contributed by atoms with van der Waals surface area (Å²) in [6, 6.07) is 2.76. The Bertz CT molecular complexity index is 858. The summed E-state index contributed by atoms with van der Waals surface area (Å²) in [5.41, 5.74) is 0. The summed E-state index contributed by atoms with van der Waals surface area (Å²) in [6.07, 6.45) is 2.28. The maximum Gasteiger partial charge on any atom is 0.319 e. The third-order valence-corrected chi connectivity index (χ3v) is 6.21. The van der Waals surface area contributed by atoms with Crippen LogP contribution in [0.2, 0.25) is 0 Å². The van der Waals surface area contributed by atoms with Crippen molar-refractivity contribution in [2.75, 3.05) is 21.3 Å². The molecule has 11 heteroatoms. The SMILES string of the molecule is COc1cc(Br)c(S(=O)(=O)N(C)Cc2nccn2C(F)F)cc1OC. The molecule has 0 aliphatic carbocycles. The van der Waals surface area contributed by atoms with Crippen molar-refractivity contribution in [3.05, 3.63) is 34.8 Å². The normalized spacial score (nSPS) is 12.0. The number of imidazole rings is 1. The molecule has 0 atom stereocenters. The lowest BCUT2D eigenvalue weighted by Gasteiger charge is -2.19. The van der Waals surface area contributed by atoms with Gasteiger partial charge in [0.2, 0.25) is 10.0 Å². The quantitative estimate of drug-likeness (QED) is 0.662. The van der Waals surface area contributed by atoms with Gasteiger partial charge in [0.25, 0.3) is 0 Å². The van der Waals surface area contributed by atoms with Gasteiger partial charge in [-0.2, -0.15) is 13.1 Å². The fraction of sp³-hybridized carbons (Fsp3) is 0.357. The summed E-state index contributed by atoms with van der Waals surface area (Å²) in [7, 11) is 0.0933. The molecular weight excluding hydrogens is 424 g/mol. The Kier molecular flexibility index (Phi) is 6.01. The minimum atomic E-state index is -3.99. The molecule has 138 valence electrons. The minimum Gasteiger partial charge on any atom is -0.493 e. The molecule has 0 spiro atoms. The van der Waals surface area contributed by atoms with E-state index >= 15 is 0 Å². The maximum atomic E-state index is 12.9. The molecule has 0 unspecified atom stereocenters. The number of aromatic nitrogens is 2. The summed E-state index contributed by atoms with van der Waals surface area (Å²) in [5, 5.41) is 0. The number of nitrogens with zero attached hydrogens (tertiary/aromatic N) is 3. The highest BCUT2D eigenvalue weighted by atomic mass is 79.9. The van der Waals surface area contributed by atoms with Gasteiger partial charge in [0, 0.05) is 30.0 Å². The van der Waals surface area contributed by atoms with Crippen molar-refractivity contribution >= 4 is 26.0 Å². The molecule has 2 rings (SSSR count). The average molecular weight is 440 g/mol. The molecule has 0 saturated heterocycles. The molecular formula is C14H16BrF2N3O4S. The van der Waals surface area contributed by atoms with Gasteiger partial charge in [0.1, 0.15) is 10.7 Å². The van der Waals surface area contributed by atoms with E-state index in [4.69, 9.17) is 9.47 Å². The number of hydrogen-bond acceptors (Lipinski definition) is 5. The molecule has 0 aliphatic rings. The molecule has 0 fully saturated rings. The van der Waals surface area contributed by atoms with Gasteiger partial charge in [0.15, 0.2) is 11.5 Å². The van der Waals surface area contributed by atoms with Crippen molar-refractivity contribution in [2.45, 2.75) is 18.0 Å². The Balaban J connectivity index is 2.39. The first-order valence-electron chi connectivity index (χ1n) is 6.90. The van der Waals surface area contributed by atoms with E-state index < -0.39 is 16.6 Å². The van der Waals surface area contributed by atoms with Crippen LogP contribution in [0.5, 0.6) is 11.5 Å². The summed E-state index contributed by atoms with van der Waals surface area (Å²) >= 11 is 3.19. The van der Waals surface area contributed by atoms with Crippen LogP contribution in [-0.2, 0) is 16.6 Å². The molecule has 2 aromatic rings. The molecule has 25 heavy (non-hydrogen) atoms. The first-order valence-corrected chi connectivity index (χ1v) is 9.13. The molecule has 1 heterocycles. The van der Waals surface area contributed by atoms with Crippen LogP contribution in [0.1, 0.15) is 12.4 Å². The van der Waals surface area contributed by atoms with Crippen LogP contribution < -0.4 is 9.47 Å². The van der Waals surface area contributed by atoms with Crippen LogP contribution >= 0.6 is 15.9 Å². The maximum absolute atomic E-state index is 12.9. The minimum absolute atomic E-state index is 0.0716. The monoisotopic (exact) mass is 439 g/mol. The van der Waals surface area contributed by atoms with E-state index in [1.54, 1.807) is 0 Å². The van der Waals surface area contributed by atoms with Gasteiger partial charge in [-0.1, -0.05) is 0 Å².